The smallest absolute Gasteiger partial charge is 0.256 e. The Morgan fingerprint density at radius 3 is 2.68 bits per heavy atom. The van der Waals surface area contributed by atoms with Crippen LogP contribution in [0.5, 0.6) is 0 Å². The van der Waals surface area contributed by atoms with Gasteiger partial charge in [-0.3, -0.25) is 14.4 Å². The number of amides is 1. The molecule has 2 aromatic rings. The molecule has 0 aliphatic carbocycles. The summed E-state index contributed by atoms with van der Waals surface area (Å²) in [4.78, 5) is 16.8. The number of halogens is 1. The third-order valence-corrected chi connectivity index (χ3v) is 5.66. The largest absolute Gasteiger partial charge is 0.341 e. The zero-order valence-corrected chi connectivity index (χ0v) is 16.4. The van der Waals surface area contributed by atoms with Gasteiger partial charge < -0.3 is 4.90 Å². The first kappa shape index (κ1) is 18.1. The SMILES string of the molecule is CN(CC1CCN(Cc2ccccc2Br)CC1)C(=O)c1cnn(C)c1. The third-order valence-electron chi connectivity index (χ3n) is 4.89. The summed E-state index contributed by atoms with van der Waals surface area (Å²) in [7, 11) is 3.72. The highest BCUT2D eigenvalue weighted by Crippen LogP contribution is 2.23. The third kappa shape index (κ3) is 4.70. The molecule has 6 heteroatoms. The van der Waals surface area contributed by atoms with Crippen molar-refractivity contribution in [3.05, 3.63) is 52.3 Å². The van der Waals surface area contributed by atoms with Crippen molar-refractivity contribution in [2.75, 3.05) is 26.7 Å². The zero-order valence-electron chi connectivity index (χ0n) is 14.9. The van der Waals surface area contributed by atoms with Crippen LogP contribution in [0.2, 0.25) is 0 Å². The van der Waals surface area contributed by atoms with E-state index < -0.39 is 0 Å². The molecule has 0 bridgehead atoms. The van der Waals surface area contributed by atoms with Crippen molar-refractivity contribution in [1.82, 2.24) is 19.6 Å². The summed E-state index contributed by atoms with van der Waals surface area (Å²) in [5.41, 5.74) is 2.00. The molecule has 0 unspecified atom stereocenters. The first-order chi connectivity index (χ1) is 12.0. The van der Waals surface area contributed by atoms with E-state index in [1.165, 1.54) is 10.0 Å². The van der Waals surface area contributed by atoms with E-state index in [0.717, 1.165) is 39.0 Å². The van der Waals surface area contributed by atoms with Gasteiger partial charge in [-0.15, -0.1) is 0 Å². The van der Waals surface area contributed by atoms with Gasteiger partial charge in [-0.25, -0.2) is 0 Å². The Bertz CT molecular complexity index is 722. The molecule has 1 aromatic carbocycles. The van der Waals surface area contributed by atoms with Gasteiger partial charge >= 0.3 is 0 Å². The summed E-state index contributed by atoms with van der Waals surface area (Å²) < 4.78 is 2.85. The lowest BCUT2D eigenvalue weighted by atomic mass is 9.95. The molecular formula is C19H25BrN4O. The Labute approximate surface area is 157 Å². The number of carbonyl (C=O) groups excluding carboxylic acids is 1. The molecule has 0 saturated carbocycles. The molecule has 3 rings (SSSR count). The lowest BCUT2D eigenvalue weighted by molar-refractivity contribution is 0.0737. The van der Waals surface area contributed by atoms with Crippen molar-refractivity contribution in [3.8, 4) is 0 Å². The van der Waals surface area contributed by atoms with Crippen LogP contribution >= 0.6 is 15.9 Å². The zero-order chi connectivity index (χ0) is 17.8. The summed E-state index contributed by atoms with van der Waals surface area (Å²) >= 11 is 3.63. The molecule has 1 aromatic heterocycles. The Hall–Kier alpha value is -1.66. The molecule has 0 atom stereocenters. The van der Waals surface area contributed by atoms with Crippen molar-refractivity contribution in [2.45, 2.75) is 19.4 Å². The molecule has 0 spiro atoms. The quantitative estimate of drug-likeness (QED) is 0.768. The number of aromatic nitrogens is 2. The first-order valence-corrected chi connectivity index (χ1v) is 9.52. The second-order valence-electron chi connectivity index (χ2n) is 6.90. The Balaban J connectivity index is 1.47. The number of likely N-dealkylation sites (tertiary alicyclic amines) is 1. The number of benzene rings is 1. The van der Waals surface area contributed by atoms with Gasteiger partial charge in [0.25, 0.3) is 5.91 Å². The summed E-state index contributed by atoms with van der Waals surface area (Å²) in [5, 5.41) is 4.08. The fraction of sp³-hybridized carbons (Fsp3) is 0.474. The fourth-order valence-electron chi connectivity index (χ4n) is 3.42. The predicted octanol–water partition coefficient (Wildman–Crippen LogP) is 3.17. The van der Waals surface area contributed by atoms with Gasteiger partial charge in [-0.1, -0.05) is 34.1 Å². The van der Waals surface area contributed by atoms with Crippen LogP contribution < -0.4 is 0 Å². The van der Waals surface area contributed by atoms with E-state index in [1.807, 2.05) is 19.0 Å². The summed E-state index contributed by atoms with van der Waals surface area (Å²) in [5.74, 6) is 0.629. The minimum Gasteiger partial charge on any atom is -0.341 e. The highest BCUT2D eigenvalue weighted by atomic mass is 79.9. The van der Waals surface area contributed by atoms with Gasteiger partial charge in [-0.05, 0) is 43.5 Å². The molecule has 1 aliphatic heterocycles. The molecule has 0 radical (unpaired) electrons. The van der Waals surface area contributed by atoms with Crippen LogP contribution in [0, 0.1) is 5.92 Å². The van der Waals surface area contributed by atoms with Crippen LogP contribution in [0.1, 0.15) is 28.8 Å². The monoisotopic (exact) mass is 404 g/mol. The molecule has 5 nitrogen and oxygen atoms in total. The molecule has 134 valence electrons. The van der Waals surface area contributed by atoms with E-state index in [2.05, 4.69) is 50.2 Å². The molecule has 1 amide bonds. The van der Waals surface area contributed by atoms with Gasteiger partial charge in [0.05, 0.1) is 11.8 Å². The second-order valence-corrected chi connectivity index (χ2v) is 7.75. The summed E-state index contributed by atoms with van der Waals surface area (Å²) in [6.45, 7) is 3.97. The molecule has 1 fully saturated rings. The van der Waals surface area contributed by atoms with Crippen molar-refractivity contribution in [2.24, 2.45) is 13.0 Å². The molecule has 0 N–H and O–H groups in total. The topological polar surface area (TPSA) is 41.4 Å². The number of hydrogen-bond acceptors (Lipinski definition) is 3. The van der Waals surface area contributed by atoms with Crippen LogP contribution in [-0.2, 0) is 13.6 Å². The van der Waals surface area contributed by atoms with Gasteiger partial charge in [0.2, 0.25) is 0 Å². The van der Waals surface area contributed by atoms with Crippen LogP contribution in [0.4, 0.5) is 0 Å². The molecule has 25 heavy (non-hydrogen) atoms. The predicted molar refractivity (Wildman–Crippen MR) is 102 cm³/mol. The van der Waals surface area contributed by atoms with Crippen LogP contribution in [0.3, 0.4) is 0 Å². The molecular weight excluding hydrogens is 380 g/mol. The van der Waals surface area contributed by atoms with Crippen LogP contribution in [0.15, 0.2) is 41.1 Å². The summed E-state index contributed by atoms with van der Waals surface area (Å²) in [6.07, 6.45) is 5.68. The Morgan fingerprint density at radius 2 is 2.04 bits per heavy atom. The van der Waals surface area contributed by atoms with Crippen LogP contribution in [0.25, 0.3) is 0 Å². The van der Waals surface area contributed by atoms with Gasteiger partial charge in [0.1, 0.15) is 0 Å². The minimum atomic E-state index is 0.0590. The van der Waals surface area contributed by atoms with Crippen molar-refractivity contribution < 1.29 is 4.79 Å². The number of nitrogens with zero attached hydrogens (tertiary/aromatic N) is 4. The van der Waals surface area contributed by atoms with Crippen molar-refractivity contribution in [3.63, 3.8) is 0 Å². The standard InChI is InChI=1S/C19H25BrN4O/c1-22(19(25)17-11-21-23(2)13-17)12-15-7-9-24(10-8-15)14-16-5-3-4-6-18(16)20/h3-6,11,13,15H,7-10,12,14H2,1-2H3. The lowest BCUT2D eigenvalue weighted by Crippen LogP contribution is -2.39. The van der Waals surface area contributed by atoms with E-state index in [0.29, 0.717) is 11.5 Å². The number of aryl methyl sites for hydroxylation is 1. The van der Waals surface area contributed by atoms with E-state index in [-0.39, 0.29) is 5.91 Å². The lowest BCUT2D eigenvalue weighted by Gasteiger charge is -2.34. The molecule has 1 saturated heterocycles. The average molecular weight is 405 g/mol. The highest BCUT2D eigenvalue weighted by Gasteiger charge is 2.23. The molecule has 1 aliphatic rings. The number of hydrogen-bond donors (Lipinski definition) is 0. The summed E-state index contributed by atoms with van der Waals surface area (Å²) in [6, 6.07) is 8.42. The maximum Gasteiger partial charge on any atom is 0.256 e. The van der Waals surface area contributed by atoms with Gasteiger partial charge in [-0.2, -0.15) is 5.10 Å². The Morgan fingerprint density at radius 1 is 1.32 bits per heavy atom. The maximum absolute atomic E-state index is 12.4. The van der Waals surface area contributed by atoms with E-state index in [4.69, 9.17) is 0 Å². The van der Waals surface area contributed by atoms with Crippen molar-refractivity contribution >= 4 is 21.8 Å². The minimum absolute atomic E-state index is 0.0590. The van der Waals surface area contributed by atoms with Gasteiger partial charge in [0, 0.05) is 37.9 Å². The van der Waals surface area contributed by atoms with E-state index in [9.17, 15) is 4.79 Å². The van der Waals surface area contributed by atoms with Gasteiger partial charge in [0.15, 0.2) is 0 Å². The first-order valence-electron chi connectivity index (χ1n) is 8.73. The number of piperidine rings is 1. The average Bonchev–Trinajstić information content (AvgIpc) is 3.04. The number of rotatable bonds is 5. The van der Waals surface area contributed by atoms with Crippen LogP contribution in [-0.4, -0.2) is 52.2 Å². The van der Waals surface area contributed by atoms with Crippen molar-refractivity contribution in [1.29, 1.82) is 0 Å². The normalized spacial score (nSPS) is 16.1. The van der Waals surface area contributed by atoms with E-state index in [1.54, 1.807) is 17.1 Å². The number of carbonyl (C=O) groups is 1. The highest BCUT2D eigenvalue weighted by molar-refractivity contribution is 9.10. The Kier molecular flexibility index (Phi) is 5.91. The fourth-order valence-corrected chi connectivity index (χ4v) is 3.83. The second kappa shape index (κ2) is 8.15. The van der Waals surface area contributed by atoms with E-state index >= 15 is 0 Å². The maximum atomic E-state index is 12.4. The molecule has 2 heterocycles.